The number of benzene rings is 2. The lowest BCUT2D eigenvalue weighted by Crippen LogP contribution is -2.45. The second-order valence-corrected chi connectivity index (χ2v) is 5.60. The van der Waals surface area contributed by atoms with Gasteiger partial charge in [0.05, 0.1) is 7.11 Å². The van der Waals surface area contributed by atoms with Gasteiger partial charge in [-0.05, 0) is 36.8 Å². The fraction of sp³-hybridized carbons (Fsp3) is 0.263. The van der Waals surface area contributed by atoms with Crippen LogP contribution in [0.3, 0.4) is 0 Å². The highest BCUT2D eigenvalue weighted by Crippen LogP contribution is 2.13. The van der Waals surface area contributed by atoms with E-state index in [9.17, 15) is 9.59 Å². The first kappa shape index (κ1) is 17.5. The smallest absolute Gasteiger partial charge is 0.251 e. The molecule has 0 saturated heterocycles. The van der Waals surface area contributed by atoms with Gasteiger partial charge in [-0.3, -0.25) is 9.59 Å². The minimum absolute atomic E-state index is 0.143. The number of methoxy groups -OCH3 is 1. The molecule has 2 amide bonds. The molecule has 0 spiro atoms. The number of nitrogens with one attached hydrogen (secondary N) is 1. The van der Waals surface area contributed by atoms with Crippen molar-refractivity contribution in [3.05, 3.63) is 65.7 Å². The average molecular weight is 326 g/mol. The number of ether oxygens (including phenoxy) is 1. The Morgan fingerprint density at radius 3 is 2.29 bits per heavy atom. The van der Waals surface area contributed by atoms with E-state index >= 15 is 0 Å². The molecule has 5 nitrogen and oxygen atoms in total. The number of rotatable bonds is 6. The molecule has 1 N–H and O–H groups in total. The summed E-state index contributed by atoms with van der Waals surface area (Å²) in [4.78, 5) is 26.1. The summed E-state index contributed by atoms with van der Waals surface area (Å²) in [6, 6.07) is 15.8. The Hall–Kier alpha value is -2.82. The van der Waals surface area contributed by atoms with Gasteiger partial charge in [-0.15, -0.1) is 0 Å². The van der Waals surface area contributed by atoms with Crippen molar-refractivity contribution in [1.82, 2.24) is 10.2 Å². The molecule has 0 unspecified atom stereocenters. The summed E-state index contributed by atoms with van der Waals surface area (Å²) in [5.74, 6) is 0.376. The van der Waals surface area contributed by atoms with E-state index in [1.165, 1.54) is 0 Å². The van der Waals surface area contributed by atoms with Gasteiger partial charge in [-0.2, -0.15) is 0 Å². The van der Waals surface area contributed by atoms with Crippen molar-refractivity contribution in [1.29, 1.82) is 0 Å². The van der Waals surface area contributed by atoms with Crippen LogP contribution in [0, 0.1) is 0 Å². The Bertz CT molecular complexity index is 684. The zero-order valence-electron chi connectivity index (χ0n) is 14.2. The zero-order chi connectivity index (χ0) is 17.5. The van der Waals surface area contributed by atoms with Crippen LogP contribution in [0.2, 0.25) is 0 Å². The maximum atomic E-state index is 12.4. The molecule has 0 aliphatic rings. The van der Waals surface area contributed by atoms with Gasteiger partial charge in [0.15, 0.2) is 0 Å². The zero-order valence-corrected chi connectivity index (χ0v) is 14.2. The third kappa shape index (κ3) is 4.59. The maximum absolute atomic E-state index is 12.4. The SMILES string of the molecule is COc1ccc(CN(C)C(=O)[C@H](C)NC(=O)c2ccccc2)cc1. The van der Waals surface area contributed by atoms with E-state index in [4.69, 9.17) is 4.74 Å². The first-order chi connectivity index (χ1) is 11.5. The van der Waals surface area contributed by atoms with Gasteiger partial charge in [0.25, 0.3) is 5.91 Å². The van der Waals surface area contributed by atoms with Crippen LogP contribution in [-0.4, -0.2) is 36.9 Å². The first-order valence-corrected chi connectivity index (χ1v) is 7.75. The minimum atomic E-state index is -0.596. The molecule has 2 rings (SSSR count). The number of hydrogen-bond donors (Lipinski definition) is 1. The van der Waals surface area contributed by atoms with Crippen molar-refractivity contribution >= 4 is 11.8 Å². The molecule has 0 heterocycles. The van der Waals surface area contributed by atoms with Crippen LogP contribution in [0.1, 0.15) is 22.8 Å². The summed E-state index contributed by atoms with van der Waals surface area (Å²) >= 11 is 0. The Morgan fingerprint density at radius 1 is 1.08 bits per heavy atom. The molecule has 0 aliphatic heterocycles. The Labute approximate surface area is 142 Å². The van der Waals surface area contributed by atoms with Crippen LogP contribution < -0.4 is 10.1 Å². The number of nitrogens with zero attached hydrogens (tertiary/aromatic N) is 1. The van der Waals surface area contributed by atoms with Crippen molar-refractivity contribution in [2.24, 2.45) is 0 Å². The van der Waals surface area contributed by atoms with Crippen molar-refractivity contribution in [2.75, 3.05) is 14.2 Å². The van der Waals surface area contributed by atoms with E-state index in [0.717, 1.165) is 11.3 Å². The van der Waals surface area contributed by atoms with E-state index in [1.54, 1.807) is 50.2 Å². The fourth-order valence-electron chi connectivity index (χ4n) is 2.34. The molecule has 0 aromatic heterocycles. The lowest BCUT2D eigenvalue weighted by atomic mass is 10.1. The van der Waals surface area contributed by atoms with E-state index in [2.05, 4.69) is 5.32 Å². The predicted octanol–water partition coefficient (Wildman–Crippen LogP) is 2.47. The second-order valence-electron chi connectivity index (χ2n) is 5.60. The van der Waals surface area contributed by atoms with Gasteiger partial charge in [-0.25, -0.2) is 0 Å². The average Bonchev–Trinajstić information content (AvgIpc) is 2.62. The Kier molecular flexibility index (Phi) is 5.95. The summed E-state index contributed by atoms with van der Waals surface area (Å²) in [6.45, 7) is 2.15. The number of carbonyl (C=O) groups is 2. The summed E-state index contributed by atoms with van der Waals surface area (Å²) in [7, 11) is 3.33. The van der Waals surface area contributed by atoms with Crippen molar-refractivity contribution in [3.8, 4) is 5.75 Å². The maximum Gasteiger partial charge on any atom is 0.251 e. The van der Waals surface area contributed by atoms with Crippen LogP contribution in [-0.2, 0) is 11.3 Å². The van der Waals surface area contributed by atoms with Crippen molar-refractivity contribution < 1.29 is 14.3 Å². The standard InChI is InChI=1S/C19H22N2O3/c1-14(20-18(22)16-7-5-4-6-8-16)19(23)21(2)13-15-9-11-17(24-3)12-10-15/h4-12,14H,13H2,1-3H3,(H,20,22)/t14-/m0/s1. The largest absolute Gasteiger partial charge is 0.497 e. The first-order valence-electron chi connectivity index (χ1n) is 7.75. The quantitative estimate of drug-likeness (QED) is 0.887. The van der Waals surface area contributed by atoms with Gasteiger partial charge in [-0.1, -0.05) is 30.3 Å². The highest BCUT2D eigenvalue weighted by atomic mass is 16.5. The summed E-state index contributed by atoms with van der Waals surface area (Å²) in [5.41, 5.74) is 1.53. The Morgan fingerprint density at radius 2 is 1.71 bits per heavy atom. The summed E-state index contributed by atoms with van der Waals surface area (Å²) in [5, 5.41) is 2.73. The third-order valence-electron chi connectivity index (χ3n) is 3.71. The molecule has 0 radical (unpaired) electrons. The molecular formula is C19H22N2O3. The van der Waals surface area contributed by atoms with E-state index < -0.39 is 6.04 Å². The molecule has 24 heavy (non-hydrogen) atoms. The molecule has 0 fully saturated rings. The van der Waals surface area contributed by atoms with E-state index in [1.807, 2.05) is 30.3 Å². The highest BCUT2D eigenvalue weighted by molar-refractivity contribution is 5.97. The molecule has 5 heteroatoms. The molecule has 126 valence electrons. The third-order valence-corrected chi connectivity index (χ3v) is 3.71. The minimum Gasteiger partial charge on any atom is -0.497 e. The van der Waals surface area contributed by atoms with Gasteiger partial charge in [0.2, 0.25) is 5.91 Å². The van der Waals surface area contributed by atoms with Gasteiger partial charge in [0.1, 0.15) is 11.8 Å². The van der Waals surface area contributed by atoms with Crippen LogP contribution in [0.15, 0.2) is 54.6 Å². The van der Waals surface area contributed by atoms with Gasteiger partial charge in [0, 0.05) is 19.2 Å². The van der Waals surface area contributed by atoms with Crippen LogP contribution in [0.25, 0.3) is 0 Å². The predicted molar refractivity (Wildman–Crippen MR) is 92.8 cm³/mol. The molecule has 0 bridgehead atoms. The lowest BCUT2D eigenvalue weighted by Gasteiger charge is -2.22. The normalized spacial score (nSPS) is 11.5. The summed E-state index contributed by atoms with van der Waals surface area (Å²) in [6.07, 6.45) is 0. The van der Waals surface area contributed by atoms with Crippen LogP contribution in [0.5, 0.6) is 5.75 Å². The van der Waals surface area contributed by atoms with Gasteiger partial charge < -0.3 is 15.0 Å². The second kappa shape index (κ2) is 8.15. The van der Waals surface area contributed by atoms with Crippen molar-refractivity contribution in [3.63, 3.8) is 0 Å². The molecule has 1 atom stereocenters. The van der Waals surface area contributed by atoms with Gasteiger partial charge >= 0.3 is 0 Å². The van der Waals surface area contributed by atoms with E-state index in [0.29, 0.717) is 12.1 Å². The number of carbonyl (C=O) groups excluding carboxylic acids is 2. The molecule has 2 aromatic rings. The topological polar surface area (TPSA) is 58.6 Å². The fourth-order valence-corrected chi connectivity index (χ4v) is 2.34. The Balaban J connectivity index is 1.92. The number of hydrogen-bond acceptors (Lipinski definition) is 3. The van der Waals surface area contributed by atoms with E-state index in [-0.39, 0.29) is 11.8 Å². The summed E-state index contributed by atoms with van der Waals surface area (Å²) < 4.78 is 5.12. The highest BCUT2D eigenvalue weighted by Gasteiger charge is 2.20. The molecule has 2 aromatic carbocycles. The van der Waals surface area contributed by atoms with Crippen molar-refractivity contribution in [2.45, 2.75) is 19.5 Å². The molecule has 0 aliphatic carbocycles. The molecule has 0 saturated carbocycles. The number of amides is 2. The van der Waals surface area contributed by atoms with Crippen LogP contribution >= 0.6 is 0 Å². The van der Waals surface area contributed by atoms with Crippen LogP contribution in [0.4, 0.5) is 0 Å². The monoisotopic (exact) mass is 326 g/mol. The number of likely N-dealkylation sites (N-methyl/N-ethyl adjacent to an activating group) is 1. The molecular weight excluding hydrogens is 304 g/mol. The lowest BCUT2D eigenvalue weighted by molar-refractivity contribution is -0.132.